The number of nitrogens with zero attached hydrogens (tertiary/aromatic N) is 4. The number of aliphatic hydroxyl groups excluding tert-OH is 1. The first-order chi connectivity index (χ1) is 16.8. The van der Waals surface area contributed by atoms with E-state index in [0.717, 1.165) is 17.1 Å². The molecular weight excluding hydrogens is 486 g/mol. The third-order valence-corrected chi connectivity index (χ3v) is 6.88. The van der Waals surface area contributed by atoms with Gasteiger partial charge in [0.2, 0.25) is 5.13 Å². The van der Waals surface area contributed by atoms with Crippen molar-refractivity contribution in [3.8, 4) is 16.9 Å². The van der Waals surface area contributed by atoms with Crippen LogP contribution in [0.2, 0.25) is 5.15 Å². The van der Waals surface area contributed by atoms with E-state index in [0.29, 0.717) is 38.6 Å². The standard InChI is InChI=1S/C16H14ClN5O2S.C9H18O/c1-8-4-10(11-5-14(17)19-7-13(11)24-3)12(6-18-8)15(23)20-16-22-21-9(2)25-16;1-2-3-5-8-6-4-7-9(8)10/h4-7H,1-3H3,(H,20,22,23);8-10H,2-7H2,1H3. The van der Waals surface area contributed by atoms with Crippen LogP contribution in [0.5, 0.6) is 5.75 Å². The summed E-state index contributed by atoms with van der Waals surface area (Å²) in [6.45, 7) is 5.87. The van der Waals surface area contributed by atoms with Crippen LogP contribution in [0.25, 0.3) is 11.1 Å². The SMILES string of the molecule is CCCCC1CCCC1O.COc1cnc(Cl)cc1-c1cc(C)ncc1C(=O)Nc1nnc(C)s1. The number of unbranched alkanes of at least 4 members (excludes halogenated alkanes) is 1. The van der Waals surface area contributed by atoms with Gasteiger partial charge >= 0.3 is 0 Å². The van der Waals surface area contributed by atoms with E-state index in [2.05, 4.69) is 32.4 Å². The molecule has 0 saturated heterocycles. The topological polar surface area (TPSA) is 110 Å². The summed E-state index contributed by atoms with van der Waals surface area (Å²) in [7, 11) is 1.53. The maximum Gasteiger partial charge on any atom is 0.259 e. The van der Waals surface area contributed by atoms with Gasteiger partial charge in [-0.25, -0.2) is 4.98 Å². The number of hydrogen-bond acceptors (Lipinski definition) is 8. The molecule has 4 rings (SSSR count). The average molecular weight is 518 g/mol. The van der Waals surface area contributed by atoms with Crippen LogP contribution < -0.4 is 10.1 Å². The summed E-state index contributed by atoms with van der Waals surface area (Å²) in [5.74, 6) is 0.810. The second-order valence-electron chi connectivity index (χ2n) is 8.56. The lowest BCUT2D eigenvalue weighted by Gasteiger charge is -2.13. The van der Waals surface area contributed by atoms with Crippen molar-refractivity contribution >= 4 is 34.0 Å². The summed E-state index contributed by atoms with van der Waals surface area (Å²) in [6, 6.07) is 3.45. The van der Waals surface area contributed by atoms with E-state index in [1.807, 2.05) is 13.8 Å². The van der Waals surface area contributed by atoms with Gasteiger partial charge in [-0.05, 0) is 51.2 Å². The molecule has 3 aromatic rings. The maximum atomic E-state index is 12.7. The fraction of sp³-hybridized carbons (Fsp3) is 0.480. The van der Waals surface area contributed by atoms with Crippen LogP contribution in [0.3, 0.4) is 0 Å². The van der Waals surface area contributed by atoms with E-state index in [-0.39, 0.29) is 12.0 Å². The molecule has 10 heteroatoms. The Kier molecular flexibility index (Phi) is 9.94. The average Bonchev–Trinajstić information content (AvgIpc) is 3.45. The van der Waals surface area contributed by atoms with Crippen molar-refractivity contribution in [1.82, 2.24) is 20.2 Å². The molecule has 35 heavy (non-hydrogen) atoms. The number of ether oxygens (including phenoxy) is 1. The molecule has 3 aromatic heterocycles. The smallest absolute Gasteiger partial charge is 0.259 e. The lowest BCUT2D eigenvalue weighted by atomic mass is 9.99. The highest BCUT2D eigenvalue weighted by Gasteiger charge is 2.24. The van der Waals surface area contributed by atoms with Crippen molar-refractivity contribution in [2.24, 2.45) is 5.92 Å². The van der Waals surface area contributed by atoms with E-state index in [9.17, 15) is 9.90 Å². The van der Waals surface area contributed by atoms with E-state index < -0.39 is 0 Å². The fourth-order valence-electron chi connectivity index (χ4n) is 4.09. The quantitative estimate of drug-likeness (QED) is 0.377. The first kappa shape index (κ1) is 27.0. The van der Waals surface area contributed by atoms with Gasteiger partial charge in [-0.15, -0.1) is 10.2 Å². The largest absolute Gasteiger partial charge is 0.494 e. The Labute approximate surface area is 215 Å². The van der Waals surface area contributed by atoms with Crippen LogP contribution in [0.4, 0.5) is 5.13 Å². The Hall–Kier alpha value is -2.62. The molecule has 1 aliphatic carbocycles. The fourth-order valence-corrected chi connectivity index (χ4v) is 4.83. The van der Waals surface area contributed by atoms with Crippen molar-refractivity contribution in [2.75, 3.05) is 12.4 Å². The molecule has 2 atom stereocenters. The third kappa shape index (κ3) is 7.43. The lowest BCUT2D eigenvalue weighted by Crippen LogP contribution is -2.14. The molecule has 0 aromatic carbocycles. The van der Waals surface area contributed by atoms with Gasteiger partial charge in [-0.2, -0.15) is 0 Å². The summed E-state index contributed by atoms with van der Waals surface area (Å²) in [6.07, 6.45) is 10.4. The van der Waals surface area contributed by atoms with Gasteiger partial charge in [0.05, 0.1) is 25.0 Å². The number of carbonyl (C=O) groups excluding carboxylic acids is 1. The monoisotopic (exact) mass is 517 g/mol. The van der Waals surface area contributed by atoms with Gasteiger partial charge < -0.3 is 9.84 Å². The van der Waals surface area contributed by atoms with Crippen molar-refractivity contribution < 1.29 is 14.6 Å². The number of pyridine rings is 2. The Morgan fingerprint density at radius 1 is 1.20 bits per heavy atom. The number of rotatable bonds is 7. The molecule has 0 radical (unpaired) electrons. The number of aliphatic hydroxyl groups is 1. The number of halogens is 1. The minimum atomic E-state index is -0.339. The molecule has 0 spiro atoms. The predicted octanol–water partition coefficient (Wildman–Crippen LogP) is 5.86. The molecule has 188 valence electrons. The zero-order valence-electron chi connectivity index (χ0n) is 20.5. The van der Waals surface area contributed by atoms with Gasteiger partial charge in [0.1, 0.15) is 15.9 Å². The number of methoxy groups -OCH3 is 1. The molecule has 0 aliphatic heterocycles. The molecule has 1 saturated carbocycles. The van der Waals surface area contributed by atoms with Crippen LogP contribution in [0, 0.1) is 19.8 Å². The number of anilines is 1. The van der Waals surface area contributed by atoms with Crippen molar-refractivity contribution in [3.05, 3.63) is 45.9 Å². The highest BCUT2D eigenvalue weighted by atomic mass is 35.5. The summed E-state index contributed by atoms with van der Waals surface area (Å²) in [5.41, 5.74) is 2.44. The van der Waals surface area contributed by atoms with E-state index >= 15 is 0 Å². The third-order valence-electron chi connectivity index (χ3n) is 5.92. The minimum absolute atomic E-state index is 0.0338. The van der Waals surface area contributed by atoms with E-state index in [1.54, 1.807) is 12.1 Å². The molecule has 1 fully saturated rings. The first-order valence-electron chi connectivity index (χ1n) is 11.8. The van der Waals surface area contributed by atoms with Crippen molar-refractivity contribution in [2.45, 2.75) is 65.4 Å². The van der Waals surface area contributed by atoms with Crippen LogP contribution in [-0.4, -0.2) is 44.4 Å². The molecule has 8 nitrogen and oxygen atoms in total. The predicted molar refractivity (Wildman–Crippen MR) is 139 cm³/mol. The van der Waals surface area contributed by atoms with E-state index in [4.69, 9.17) is 16.3 Å². The molecule has 0 bridgehead atoms. The Bertz CT molecular complexity index is 1140. The lowest BCUT2D eigenvalue weighted by molar-refractivity contribution is 0.102. The molecule has 3 heterocycles. The summed E-state index contributed by atoms with van der Waals surface area (Å²) in [5, 5.41) is 21.4. The van der Waals surface area contributed by atoms with Crippen LogP contribution >= 0.6 is 22.9 Å². The molecule has 1 amide bonds. The van der Waals surface area contributed by atoms with Crippen LogP contribution in [-0.2, 0) is 0 Å². The second-order valence-corrected chi connectivity index (χ2v) is 10.1. The van der Waals surface area contributed by atoms with E-state index in [1.165, 1.54) is 62.9 Å². The number of aryl methyl sites for hydroxylation is 2. The van der Waals surface area contributed by atoms with Gasteiger partial charge in [-0.1, -0.05) is 49.1 Å². The first-order valence-corrected chi connectivity index (χ1v) is 13.0. The number of aromatic nitrogens is 4. The summed E-state index contributed by atoms with van der Waals surface area (Å²) >= 11 is 7.32. The highest BCUT2D eigenvalue weighted by molar-refractivity contribution is 7.15. The van der Waals surface area contributed by atoms with Crippen molar-refractivity contribution in [3.63, 3.8) is 0 Å². The number of carbonyl (C=O) groups is 1. The normalized spacial score (nSPS) is 17.0. The van der Waals surface area contributed by atoms with Gasteiger partial charge in [-0.3, -0.25) is 15.1 Å². The summed E-state index contributed by atoms with van der Waals surface area (Å²) in [4.78, 5) is 21.0. The summed E-state index contributed by atoms with van der Waals surface area (Å²) < 4.78 is 5.36. The maximum absolute atomic E-state index is 12.7. The Morgan fingerprint density at radius 3 is 2.63 bits per heavy atom. The molecule has 1 aliphatic rings. The zero-order chi connectivity index (χ0) is 25.4. The minimum Gasteiger partial charge on any atom is -0.494 e. The van der Waals surface area contributed by atoms with Gasteiger partial charge in [0.25, 0.3) is 5.91 Å². The van der Waals surface area contributed by atoms with Gasteiger partial charge in [0, 0.05) is 23.0 Å². The highest BCUT2D eigenvalue weighted by Crippen LogP contribution is 2.34. The molecule has 2 unspecified atom stereocenters. The Balaban J connectivity index is 0.000000287. The number of hydrogen-bond donors (Lipinski definition) is 2. The molecule has 2 N–H and O–H groups in total. The van der Waals surface area contributed by atoms with Crippen LogP contribution in [0.1, 0.15) is 66.5 Å². The second kappa shape index (κ2) is 12.9. The zero-order valence-corrected chi connectivity index (χ0v) is 22.1. The Morgan fingerprint density at radius 2 is 2.00 bits per heavy atom. The number of amides is 1. The number of nitrogens with one attached hydrogen (secondary N) is 1. The molecular formula is C25H32ClN5O3S. The van der Waals surface area contributed by atoms with Crippen LogP contribution in [0.15, 0.2) is 24.5 Å². The van der Waals surface area contributed by atoms with Crippen molar-refractivity contribution in [1.29, 1.82) is 0 Å². The van der Waals surface area contributed by atoms with Gasteiger partial charge in [0.15, 0.2) is 0 Å².